The second-order valence-corrected chi connectivity index (χ2v) is 6.90. The van der Waals surface area contributed by atoms with Crippen molar-refractivity contribution in [3.63, 3.8) is 0 Å². The number of hydrogen-bond donors (Lipinski definition) is 2. The number of nitrogens with zero attached hydrogens (tertiary/aromatic N) is 1. The highest BCUT2D eigenvalue weighted by atomic mass is 19.4. The van der Waals surface area contributed by atoms with Gasteiger partial charge in [0.15, 0.2) is 0 Å². The summed E-state index contributed by atoms with van der Waals surface area (Å²) in [6, 6.07) is 6.86. The molecular weight excluding hydrogens is 447 g/mol. The van der Waals surface area contributed by atoms with Crippen LogP contribution in [0.4, 0.5) is 18.9 Å². The summed E-state index contributed by atoms with van der Waals surface area (Å²) >= 11 is 0. The number of nitro groups is 1. The summed E-state index contributed by atoms with van der Waals surface area (Å²) in [7, 11) is 0. The first kappa shape index (κ1) is 25.3. The molecule has 0 saturated heterocycles. The number of nitrogens with one attached hydrogen (secondary N) is 1. The van der Waals surface area contributed by atoms with E-state index >= 15 is 0 Å². The molecule has 0 aliphatic heterocycles. The maximum absolute atomic E-state index is 13.0. The first-order chi connectivity index (χ1) is 15.4. The van der Waals surface area contributed by atoms with E-state index in [9.17, 15) is 37.7 Å². The molecule has 2 aromatic rings. The zero-order valence-electron chi connectivity index (χ0n) is 17.3. The number of alkyl halides is 3. The number of carbonyl (C=O) groups excluding carboxylic acids is 3. The Morgan fingerprint density at radius 3 is 2.30 bits per heavy atom. The average Bonchev–Trinajstić information content (AvgIpc) is 2.75. The van der Waals surface area contributed by atoms with Crippen LogP contribution in [0.3, 0.4) is 0 Å². The minimum absolute atomic E-state index is 0.0314. The molecule has 0 heterocycles. The van der Waals surface area contributed by atoms with Crippen molar-refractivity contribution >= 4 is 23.5 Å². The first-order valence-electron chi connectivity index (χ1n) is 9.61. The molecule has 0 aliphatic carbocycles. The molecule has 0 aromatic heterocycles. The van der Waals surface area contributed by atoms with Gasteiger partial charge in [-0.2, -0.15) is 13.2 Å². The van der Waals surface area contributed by atoms with Crippen LogP contribution < -0.4 is 11.1 Å². The van der Waals surface area contributed by atoms with Gasteiger partial charge in [0.2, 0.25) is 5.91 Å². The fraction of sp³-hybridized carbons (Fsp3) is 0.286. The van der Waals surface area contributed by atoms with E-state index in [1.165, 1.54) is 12.1 Å². The molecule has 0 radical (unpaired) electrons. The summed E-state index contributed by atoms with van der Waals surface area (Å²) in [4.78, 5) is 47.2. The normalized spacial score (nSPS) is 13.0. The molecule has 0 spiro atoms. The number of hydrogen-bond acceptors (Lipinski definition) is 6. The number of primary amides is 1. The van der Waals surface area contributed by atoms with Gasteiger partial charge in [0.25, 0.3) is 11.6 Å². The van der Waals surface area contributed by atoms with Crippen molar-refractivity contribution < 1.29 is 37.2 Å². The number of carbonyl (C=O) groups is 3. The SMILES string of the molecule is CCOC(=O)C[C@H](c1ccc([N+](=O)[O-])cc1)[C@H](NC(=O)c1cccc(C(F)(F)F)c1)C(N)=O. The molecule has 2 aromatic carbocycles. The number of rotatable bonds is 9. The molecule has 2 amide bonds. The zero-order chi connectivity index (χ0) is 24.8. The lowest BCUT2D eigenvalue weighted by Gasteiger charge is -2.25. The lowest BCUT2D eigenvalue weighted by atomic mass is 9.87. The van der Waals surface area contributed by atoms with Crippen LogP contribution in [-0.4, -0.2) is 35.4 Å². The Balaban J connectivity index is 2.40. The number of nitrogens with two attached hydrogens (primary N) is 1. The topological polar surface area (TPSA) is 142 Å². The Morgan fingerprint density at radius 2 is 1.79 bits per heavy atom. The molecule has 2 atom stereocenters. The number of nitro benzene ring substituents is 1. The van der Waals surface area contributed by atoms with Crippen LogP contribution in [0.5, 0.6) is 0 Å². The van der Waals surface area contributed by atoms with E-state index in [-0.39, 0.29) is 23.4 Å². The summed E-state index contributed by atoms with van der Waals surface area (Å²) < 4.78 is 43.8. The van der Waals surface area contributed by atoms with Gasteiger partial charge in [-0.25, -0.2) is 0 Å². The molecule has 0 fully saturated rings. The second-order valence-electron chi connectivity index (χ2n) is 6.90. The Hall–Kier alpha value is -3.96. The van der Waals surface area contributed by atoms with Gasteiger partial charge in [-0.3, -0.25) is 24.5 Å². The van der Waals surface area contributed by atoms with Crippen LogP contribution in [0.2, 0.25) is 0 Å². The molecule has 12 heteroatoms. The van der Waals surface area contributed by atoms with Gasteiger partial charge in [0.05, 0.1) is 23.5 Å². The molecule has 176 valence electrons. The van der Waals surface area contributed by atoms with Crippen LogP contribution in [0.15, 0.2) is 48.5 Å². The summed E-state index contributed by atoms with van der Waals surface area (Å²) in [6.07, 6.45) is -5.12. The van der Waals surface area contributed by atoms with Gasteiger partial charge in [0, 0.05) is 23.6 Å². The van der Waals surface area contributed by atoms with E-state index in [1.54, 1.807) is 6.92 Å². The maximum Gasteiger partial charge on any atom is 0.416 e. The lowest BCUT2D eigenvalue weighted by Crippen LogP contribution is -2.48. The molecule has 33 heavy (non-hydrogen) atoms. The fourth-order valence-corrected chi connectivity index (χ4v) is 3.10. The van der Waals surface area contributed by atoms with Crippen LogP contribution in [-0.2, 0) is 20.5 Å². The third-order valence-corrected chi connectivity index (χ3v) is 4.67. The van der Waals surface area contributed by atoms with E-state index in [2.05, 4.69) is 5.32 Å². The lowest BCUT2D eigenvalue weighted by molar-refractivity contribution is -0.384. The number of esters is 1. The van der Waals surface area contributed by atoms with Crippen LogP contribution in [0.25, 0.3) is 0 Å². The van der Waals surface area contributed by atoms with Crippen molar-refractivity contribution in [2.24, 2.45) is 5.73 Å². The van der Waals surface area contributed by atoms with Crippen molar-refractivity contribution in [1.82, 2.24) is 5.32 Å². The van der Waals surface area contributed by atoms with Gasteiger partial charge in [-0.05, 0) is 30.7 Å². The van der Waals surface area contributed by atoms with Crippen molar-refractivity contribution in [1.29, 1.82) is 0 Å². The quantitative estimate of drug-likeness (QED) is 0.330. The van der Waals surface area contributed by atoms with Crippen molar-refractivity contribution in [2.75, 3.05) is 6.61 Å². The highest BCUT2D eigenvalue weighted by molar-refractivity contribution is 5.98. The Labute approximate surface area is 185 Å². The molecule has 0 aliphatic rings. The van der Waals surface area contributed by atoms with E-state index < -0.39 is 52.8 Å². The maximum atomic E-state index is 13.0. The number of amides is 2. The molecule has 0 bridgehead atoms. The highest BCUT2D eigenvalue weighted by Crippen LogP contribution is 2.30. The zero-order valence-corrected chi connectivity index (χ0v) is 17.3. The van der Waals surface area contributed by atoms with E-state index in [0.717, 1.165) is 30.3 Å². The molecule has 9 nitrogen and oxygen atoms in total. The first-order valence-corrected chi connectivity index (χ1v) is 9.61. The van der Waals surface area contributed by atoms with E-state index in [1.807, 2.05) is 0 Å². The molecule has 0 saturated carbocycles. The number of non-ortho nitro benzene ring substituents is 1. The van der Waals surface area contributed by atoms with Crippen molar-refractivity contribution in [3.05, 3.63) is 75.3 Å². The van der Waals surface area contributed by atoms with Crippen molar-refractivity contribution in [3.8, 4) is 0 Å². The molecule has 0 unspecified atom stereocenters. The monoisotopic (exact) mass is 467 g/mol. The van der Waals surface area contributed by atoms with E-state index in [0.29, 0.717) is 6.07 Å². The third kappa shape index (κ3) is 6.76. The number of ether oxygens (including phenoxy) is 1. The summed E-state index contributed by atoms with van der Waals surface area (Å²) in [5, 5.41) is 13.2. The van der Waals surface area contributed by atoms with Gasteiger partial charge in [-0.1, -0.05) is 18.2 Å². The van der Waals surface area contributed by atoms with Crippen LogP contribution in [0.1, 0.15) is 40.7 Å². The minimum atomic E-state index is -4.69. The second kappa shape index (κ2) is 10.6. The minimum Gasteiger partial charge on any atom is -0.466 e. The van der Waals surface area contributed by atoms with Crippen LogP contribution in [0, 0.1) is 10.1 Å². The summed E-state index contributed by atoms with van der Waals surface area (Å²) in [5.41, 5.74) is 3.99. The standard InChI is InChI=1S/C21H20F3N3O6/c1-2-33-17(28)11-16(12-6-8-15(9-7-12)27(31)32)18(19(25)29)26-20(30)13-4-3-5-14(10-13)21(22,23)24/h3-10,16,18H,2,11H2,1H3,(H2,25,29)(H,26,30)/t16-,18+/m1/s1. The van der Waals surface area contributed by atoms with E-state index in [4.69, 9.17) is 10.5 Å². The Bertz CT molecular complexity index is 1040. The third-order valence-electron chi connectivity index (χ3n) is 4.67. The number of halogens is 3. The van der Waals surface area contributed by atoms with Crippen molar-refractivity contribution in [2.45, 2.75) is 31.5 Å². The van der Waals surface area contributed by atoms with Gasteiger partial charge >= 0.3 is 12.1 Å². The highest BCUT2D eigenvalue weighted by Gasteiger charge is 2.34. The van der Waals surface area contributed by atoms with Gasteiger partial charge < -0.3 is 15.8 Å². The predicted molar refractivity (Wildman–Crippen MR) is 109 cm³/mol. The summed E-state index contributed by atoms with van der Waals surface area (Å²) in [6.45, 7) is 1.59. The molecular formula is C21H20F3N3O6. The van der Waals surface area contributed by atoms with Crippen LogP contribution >= 0.6 is 0 Å². The van der Waals surface area contributed by atoms with Gasteiger partial charge in [-0.15, -0.1) is 0 Å². The predicted octanol–water partition coefficient (Wildman–Crippen LogP) is 2.93. The fourth-order valence-electron chi connectivity index (χ4n) is 3.10. The Kier molecular flexibility index (Phi) is 8.10. The molecule has 2 rings (SSSR count). The number of benzene rings is 2. The smallest absolute Gasteiger partial charge is 0.416 e. The van der Waals surface area contributed by atoms with Gasteiger partial charge in [0.1, 0.15) is 6.04 Å². The molecule has 3 N–H and O–H groups in total. The largest absolute Gasteiger partial charge is 0.466 e. The average molecular weight is 467 g/mol. The Morgan fingerprint density at radius 1 is 1.15 bits per heavy atom. The summed E-state index contributed by atoms with van der Waals surface area (Å²) in [5.74, 6) is -3.93.